The Hall–Kier alpha value is -1.00. The Morgan fingerprint density at radius 1 is 1.22 bits per heavy atom. The van der Waals surface area contributed by atoms with Crippen molar-refractivity contribution in [2.45, 2.75) is 63.9 Å². The average Bonchev–Trinajstić information content (AvgIpc) is 3.42. The molecule has 4 fully saturated rings. The van der Waals surface area contributed by atoms with Crippen molar-refractivity contribution in [1.29, 1.82) is 0 Å². The van der Waals surface area contributed by atoms with E-state index >= 15 is 0 Å². The zero-order chi connectivity index (χ0) is 19.0. The zero-order valence-corrected chi connectivity index (χ0v) is 16.3. The third-order valence-corrected chi connectivity index (χ3v) is 9.51. The molecule has 0 heterocycles. The number of aliphatic hydroxyl groups excluding tert-OH is 1. The molecular weight excluding hydrogens is 340 g/mol. The summed E-state index contributed by atoms with van der Waals surface area (Å²) in [7, 11) is 0. The molecule has 0 radical (unpaired) electrons. The van der Waals surface area contributed by atoms with E-state index in [2.05, 4.69) is 6.92 Å². The largest absolute Gasteiger partial charge is 0.396 e. The molecule has 0 aromatic heterocycles. The van der Waals surface area contributed by atoms with Crippen molar-refractivity contribution in [3.05, 3.63) is 11.6 Å². The molecule has 2 N–H and O–H groups in total. The Morgan fingerprint density at radius 2 is 2.04 bits per heavy atom. The predicted octanol–water partition coefficient (Wildman–Crippen LogP) is 2.91. The van der Waals surface area contributed by atoms with E-state index in [1.165, 1.54) is 5.57 Å². The second kappa shape index (κ2) is 6.00. The maximum absolute atomic E-state index is 12.0. The Bertz CT molecular complexity index is 698. The summed E-state index contributed by atoms with van der Waals surface area (Å²) in [5.74, 6) is 3.39. The lowest BCUT2D eigenvalue weighted by Crippen LogP contribution is -2.56. The number of carbonyl (C=O) groups excluding carboxylic acids is 2. The molecule has 0 aliphatic heterocycles. The minimum absolute atomic E-state index is 0.101. The number of aliphatic hydroxyl groups is 2. The molecule has 8 unspecified atom stereocenters. The Kier molecular flexibility index (Phi) is 4.01. The van der Waals surface area contributed by atoms with Crippen molar-refractivity contribution in [3.63, 3.8) is 0 Å². The van der Waals surface area contributed by atoms with Gasteiger partial charge in [-0.2, -0.15) is 0 Å². The SMILES string of the molecule is CC12CCC3C4CCC(=O)C=C4[C@H](CO)CC3C1C1CC1C2(O)CCC=O. The molecule has 4 nitrogen and oxygen atoms in total. The number of fused-ring (bicyclic) bond motifs is 7. The van der Waals surface area contributed by atoms with Crippen LogP contribution in [0.25, 0.3) is 0 Å². The van der Waals surface area contributed by atoms with E-state index < -0.39 is 5.60 Å². The van der Waals surface area contributed by atoms with Crippen LogP contribution in [0.15, 0.2) is 11.6 Å². The summed E-state index contributed by atoms with van der Waals surface area (Å²) in [5, 5.41) is 21.8. The van der Waals surface area contributed by atoms with Crippen molar-refractivity contribution < 1.29 is 19.8 Å². The van der Waals surface area contributed by atoms with Crippen LogP contribution < -0.4 is 0 Å². The summed E-state index contributed by atoms with van der Waals surface area (Å²) in [4.78, 5) is 23.0. The topological polar surface area (TPSA) is 74.6 Å². The van der Waals surface area contributed by atoms with Crippen molar-refractivity contribution in [2.24, 2.45) is 46.8 Å². The molecule has 0 spiro atoms. The van der Waals surface area contributed by atoms with Crippen LogP contribution in [-0.2, 0) is 9.59 Å². The summed E-state index contributed by atoms with van der Waals surface area (Å²) in [6.45, 7) is 2.42. The van der Waals surface area contributed by atoms with Crippen LogP contribution in [0, 0.1) is 46.8 Å². The van der Waals surface area contributed by atoms with Gasteiger partial charge < -0.3 is 15.0 Å². The van der Waals surface area contributed by atoms with E-state index in [9.17, 15) is 19.8 Å². The summed E-state index contributed by atoms with van der Waals surface area (Å²) >= 11 is 0. The van der Waals surface area contributed by atoms with Crippen LogP contribution in [-0.4, -0.2) is 34.5 Å². The van der Waals surface area contributed by atoms with Gasteiger partial charge in [-0.3, -0.25) is 4.79 Å². The van der Waals surface area contributed by atoms with Gasteiger partial charge in [0.05, 0.1) is 5.60 Å². The summed E-state index contributed by atoms with van der Waals surface area (Å²) < 4.78 is 0. The number of aldehydes is 1. The lowest BCUT2D eigenvalue weighted by atomic mass is 9.47. The maximum atomic E-state index is 12.0. The standard InChI is InChI=1S/C23H32O4/c1-22-7-5-16-15-4-3-14(26)10-17(15)13(12-25)9-18(16)21(22)19-11-20(19)23(22,27)6-2-8-24/h8,10,13,15-16,18-21,25,27H,2-7,9,11-12H2,1H3/t13-,15?,16?,18?,19?,20?,21?,22?,23?/m0/s1. The lowest BCUT2D eigenvalue weighted by molar-refractivity contribution is -0.148. The van der Waals surface area contributed by atoms with Crippen molar-refractivity contribution in [3.8, 4) is 0 Å². The molecule has 0 aromatic rings. The van der Waals surface area contributed by atoms with E-state index in [0.29, 0.717) is 54.8 Å². The van der Waals surface area contributed by atoms with E-state index in [4.69, 9.17) is 0 Å². The van der Waals surface area contributed by atoms with Crippen molar-refractivity contribution >= 4 is 12.1 Å². The summed E-state index contributed by atoms with van der Waals surface area (Å²) in [6.07, 6.45) is 9.66. The predicted molar refractivity (Wildman–Crippen MR) is 101 cm³/mol. The zero-order valence-electron chi connectivity index (χ0n) is 16.3. The second-order valence-corrected chi connectivity index (χ2v) is 10.3. The fourth-order valence-corrected chi connectivity index (χ4v) is 8.39. The van der Waals surface area contributed by atoms with Crippen molar-refractivity contribution in [2.75, 3.05) is 6.61 Å². The highest BCUT2D eigenvalue weighted by Crippen LogP contribution is 2.76. The third kappa shape index (κ3) is 2.29. The van der Waals surface area contributed by atoms with Crippen LogP contribution in [0.5, 0.6) is 0 Å². The lowest BCUT2D eigenvalue weighted by Gasteiger charge is -2.58. The number of hydrogen-bond acceptors (Lipinski definition) is 4. The van der Waals surface area contributed by atoms with Crippen LogP contribution in [0.4, 0.5) is 0 Å². The van der Waals surface area contributed by atoms with Gasteiger partial charge in [-0.15, -0.1) is 0 Å². The van der Waals surface area contributed by atoms with Gasteiger partial charge in [0.25, 0.3) is 0 Å². The van der Waals surface area contributed by atoms with Gasteiger partial charge in [-0.1, -0.05) is 12.5 Å². The molecule has 0 amide bonds. The van der Waals surface area contributed by atoms with Crippen LogP contribution in [0.3, 0.4) is 0 Å². The Balaban J connectivity index is 1.50. The molecule has 4 saturated carbocycles. The molecule has 5 aliphatic rings. The summed E-state index contributed by atoms with van der Waals surface area (Å²) in [6, 6.07) is 0. The minimum Gasteiger partial charge on any atom is -0.396 e. The van der Waals surface area contributed by atoms with E-state index in [-0.39, 0.29) is 23.7 Å². The highest BCUT2D eigenvalue weighted by molar-refractivity contribution is 5.91. The first-order valence-corrected chi connectivity index (χ1v) is 11.0. The molecule has 148 valence electrons. The van der Waals surface area contributed by atoms with Gasteiger partial charge in [0.2, 0.25) is 0 Å². The van der Waals surface area contributed by atoms with Gasteiger partial charge in [0.15, 0.2) is 5.78 Å². The monoisotopic (exact) mass is 372 g/mol. The first-order valence-electron chi connectivity index (χ1n) is 11.0. The fraction of sp³-hybridized carbons (Fsp3) is 0.826. The van der Waals surface area contributed by atoms with Gasteiger partial charge in [-0.05, 0) is 85.5 Å². The quantitative estimate of drug-likeness (QED) is 0.744. The van der Waals surface area contributed by atoms with Gasteiger partial charge in [0, 0.05) is 25.4 Å². The highest BCUT2D eigenvalue weighted by Gasteiger charge is 2.75. The first kappa shape index (κ1) is 18.1. The fourth-order valence-electron chi connectivity index (χ4n) is 8.39. The van der Waals surface area contributed by atoms with Crippen LogP contribution in [0.1, 0.15) is 58.3 Å². The molecule has 4 heteroatoms. The highest BCUT2D eigenvalue weighted by atomic mass is 16.3. The Labute approximate surface area is 161 Å². The average molecular weight is 373 g/mol. The smallest absolute Gasteiger partial charge is 0.155 e. The summed E-state index contributed by atoms with van der Waals surface area (Å²) in [5.41, 5.74) is 0.429. The number of rotatable bonds is 4. The molecule has 0 bridgehead atoms. The molecular formula is C23H32O4. The molecule has 0 saturated heterocycles. The van der Waals surface area contributed by atoms with Crippen molar-refractivity contribution in [1.82, 2.24) is 0 Å². The molecule has 27 heavy (non-hydrogen) atoms. The maximum Gasteiger partial charge on any atom is 0.155 e. The van der Waals surface area contributed by atoms with Crippen LogP contribution in [0.2, 0.25) is 0 Å². The minimum atomic E-state index is -0.693. The first-order chi connectivity index (χ1) is 12.9. The Morgan fingerprint density at radius 3 is 2.78 bits per heavy atom. The molecule has 0 aromatic carbocycles. The van der Waals surface area contributed by atoms with Crippen LogP contribution >= 0.6 is 0 Å². The van der Waals surface area contributed by atoms with E-state index in [1.807, 2.05) is 6.08 Å². The molecule has 9 atom stereocenters. The van der Waals surface area contributed by atoms with E-state index in [1.54, 1.807) is 0 Å². The second-order valence-electron chi connectivity index (χ2n) is 10.3. The normalized spacial score (nSPS) is 52.9. The number of ketones is 1. The number of hydrogen-bond donors (Lipinski definition) is 2. The van der Waals surface area contributed by atoms with E-state index in [0.717, 1.165) is 38.4 Å². The molecule has 5 rings (SSSR count). The van der Waals surface area contributed by atoms with Gasteiger partial charge >= 0.3 is 0 Å². The number of carbonyl (C=O) groups is 2. The third-order valence-electron chi connectivity index (χ3n) is 9.51. The van der Waals surface area contributed by atoms with Gasteiger partial charge in [-0.25, -0.2) is 0 Å². The van der Waals surface area contributed by atoms with Gasteiger partial charge in [0.1, 0.15) is 6.29 Å². The molecule has 5 aliphatic carbocycles.